The monoisotopic (exact) mass is 526 g/mol. The van der Waals surface area contributed by atoms with E-state index in [1.54, 1.807) is 13.8 Å². The Labute approximate surface area is 220 Å². The van der Waals surface area contributed by atoms with Gasteiger partial charge in [0.25, 0.3) is 0 Å². The van der Waals surface area contributed by atoms with Crippen LogP contribution in [0.15, 0.2) is 48.5 Å². The van der Waals surface area contributed by atoms with Gasteiger partial charge in [0.2, 0.25) is 0 Å². The van der Waals surface area contributed by atoms with Crippen LogP contribution < -0.4 is 0 Å². The van der Waals surface area contributed by atoms with Crippen LogP contribution in [0.1, 0.15) is 98.8 Å². The second-order valence-electron chi connectivity index (χ2n) is 7.92. The van der Waals surface area contributed by atoms with E-state index in [1.807, 2.05) is 48.5 Å². The van der Waals surface area contributed by atoms with Gasteiger partial charge in [0, 0.05) is 29.9 Å². The van der Waals surface area contributed by atoms with Crippen LogP contribution in [0.3, 0.4) is 0 Å². The third-order valence-electron chi connectivity index (χ3n) is 5.15. The Bertz CT molecular complexity index is 754. The molecular formula is C28H38FeO6-6. The van der Waals surface area contributed by atoms with Crippen molar-refractivity contribution in [3.63, 3.8) is 0 Å². The van der Waals surface area contributed by atoms with Gasteiger partial charge in [-0.3, -0.25) is 15.4 Å². The van der Waals surface area contributed by atoms with Crippen LogP contribution in [0.25, 0.3) is 0 Å². The van der Waals surface area contributed by atoms with Gasteiger partial charge < -0.3 is 48.9 Å². The summed E-state index contributed by atoms with van der Waals surface area (Å²) >= 11 is 0. The standard InChI is InChI=1S/2C14H19O3.Fe/c2*1-2-17-14(16)11-5-3-4-10-13(15)12-8-6-7-9-12;/h2*6-9H,2-5,10-11H2,1H3;/q-5;-1;. The van der Waals surface area contributed by atoms with Gasteiger partial charge in [-0.15, -0.1) is 6.42 Å². The average Bonchev–Trinajstić information content (AvgIpc) is 3.54. The van der Waals surface area contributed by atoms with Gasteiger partial charge in [-0.25, -0.2) is 12.1 Å². The van der Waals surface area contributed by atoms with Crippen molar-refractivity contribution in [3.05, 3.63) is 59.7 Å². The zero-order valence-electron chi connectivity index (χ0n) is 20.9. The number of rotatable bonds is 16. The smallest absolute Gasteiger partial charge is 0.305 e. The van der Waals surface area contributed by atoms with Crippen LogP contribution in [0, 0.1) is 0 Å². The predicted molar refractivity (Wildman–Crippen MR) is 132 cm³/mol. The van der Waals surface area contributed by atoms with E-state index in [9.17, 15) is 19.2 Å². The van der Waals surface area contributed by atoms with E-state index in [4.69, 9.17) is 9.47 Å². The third kappa shape index (κ3) is 15.9. The normalized spacial score (nSPS) is 9.89. The van der Waals surface area contributed by atoms with Crippen LogP contribution in [0.4, 0.5) is 0 Å². The van der Waals surface area contributed by atoms with Crippen molar-refractivity contribution in [2.75, 3.05) is 13.2 Å². The molecule has 0 aromatic heterocycles. The molecule has 0 amide bonds. The molecule has 0 aliphatic rings. The molecule has 0 heterocycles. The molecule has 6 nitrogen and oxygen atoms in total. The minimum absolute atomic E-state index is 0. The van der Waals surface area contributed by atoms with Crippen molar-refractivity contribution in [2.24, 2.45) is 0 Å². The van der Waals surface area contributed by atoms with Crippen LogP contribution in [-0.2, 0) is 36.1 Å². The summed E-state index contributed by atoms with van der Waals surface area (Å²) < 4.78 is 9.65. The number of carbonyl (C=O) groups is 4. The Kier molecular flexibility index (Phi) is 19.3. The zero-order valence-corrected chi connectivity index (χ0v) is 22.0. The summed E-state index contributed by atoms with van der Waals surface area (Å²) in [7, 11) is 0. The van der Waals surface area contributed by atoms with Gasteiger partial charge in [-0.05, 0) is 39.5 Å². The minimum atomic E-state index is -0.144. The molecule has 2 aromatic carbocycles. The SMILES string of the molecule is CCOC(=O)CCCCCC(=O)[c-]1[cH-][cH-][cH-][cH-]1.CCOC(=O)CCCCCC(=O)[c-]1cccc1.[Fe]. The fourth-order valence-electron chi connectivity index (χ4n) is 3.34. The molecule has 0 aliphatic heterocycles. The van der Waals surface area contributed by atoms with E-state index in [1.165, 1.54) is 0 Å². The topological polar surface area (TPSA) is 86.7 Å². The summed E-state index contributed by atoms with van der Waals surface area (Å²) in [5.41, 5.74) is 1.57. The first-order valence-electron chi connectivity index (χ1n) is 12.3. The Morgan fingerprint density at radius 3 is 1.54 bits per heavy atom. The van der Waals surface area contributed by atoms with Crippen molar-refractivity contribution in [2.45, 2.75) is 78.1 Å². The molecule has 0 atom stereocenters. The van der Waals surface area contributed by atoms with E-state index >= 15 is 0 Å². The van der Waals surface area contributed by atoms with Crippen molar-refractivity contribution in [1.29, 1.82) is 0 Å². The number of hydrogen-bond acceptors (Lipinski definition) is 6. The molecule has 0 saturated carbocycles. The zero-order chi connectivity index (χ0) is 25.0. The number of esters is 2. The molecule has 0 spiro atoms. The van der Waals surface area contributed by atoms with E-state index in [-0.39, 0.29) is 40.6 Å². The van der Waals surface area contributed by atoms with E-state index in [0.29, 0.717) is 38.9 Å². The molecule has 0 radical (unpaired) electrons. The van der Waals surface area contributed by atoms with Gasteiger partial charge in [0.15, 0.2) is 0 Å². The van der Waals surface area contributed by atoms with Crippen LogP contribution in [-0.4, -0.2) is 36.7 Å². The second kappa shape index (κ2) is 20.8. The Morgan fingerprint density at radius 2 is 1.09 bits per heavy atom. The fraction of sp³-hybridized carbons (Fsp3) is 0.500. The van der Waals surface area contributed by atoms with Gasteiger partial charge in [-0.1, -0.05) is 24.8 Å². The van der Waals surface area contributed by atoms with E-state index in [2.05, 4.69) is 0 Å². The van der Waals surface area contributed by atoms with Gasteiger partial charge >= 0.3 is 11.9 Å². The first-order valence-corrected chi connectivity index (χ1v) is 12.3. The molecule has 200 valence electrons. The molecule has 2 rings (SSSR count). The molecule has 0 bridgehead atoms. The second-order valence-corrected chi connectivity index (χ2v) is 7.92. The summed E-state index contributed by atoms with van der Waals surface area (Å²) in [4.78, 5) is 45.3. The van der Waals surface area contributed by atoms with E-state index in [0.717, 1.165) is 49.7 Å². The number of unbranched alkanes of at least 4 members (excludes halogenated alkanes) is 4. The predicted octanol–water partition coefficient (Wildman–Crippen LogP) is 6.20. The first kappa shape index (κ1) is 32.5. The maximum Gasteiger partial charge on any atom is 0.305 e. The quantitative estimate of drug-likeness (QED) is 0.0851. The van der Waals surface area contributed by atoms with Crippen LogP contribution >= 0.6 is 0 Å². The molecular weight excluding hydrogens is 488 g/mol. The molecule has 0 saturated heterocycles. The maximum absolute atomic E-state index is 11.6. The summed E-state index contributed by atoms with van der Waals surface area (Å²) in [6, 6.07) is 14.8. The van der Waals surface area contributed by atoms with Crippen LogP contribution in [0.5, 0.6) is 0 Å². The Balaban J connectivity index is 0.000000642. The largest absolute Gasteiger partial charge is 0.718 e. The number of Topliss-reactive ketones (excluding diaryl/α,β-unsaturated/α-hetero) is 2. The van der Waals surface area contributed by atoms with E-state index < -0.39 is 0 Å². The van der Waals surface area contributed by atoms with Gasteiger partial charge in [-0.2, -0.15) is 12.1 Å². The number of carbonyl (C=O) groups excluding carboxylic acids is 4. The summed E-state index contributed by atoms with van der Waals surface area (Å²) in [6.07, 6.45) is 7.10. The summed E-state index contributed by atoms with van der Waals surface area (Å²) in [6.45, 7) is 4.48. The number of ether oxygens (including phenoxy) is 2. The third-order valence-corrected chi connectivity index (χ3v) is 5.15. The van der Waals surface area contributed by atoms with Crippen molar-refractivity contribution in [1.82, 2.24) is 0 Å². The summed E-state index contributed by atoms with van der Waals surface area (Å²) in [5, 5.41) is 0. The maximum atomic E-state index is 11.6. The van der Waals surface area contributed by atoms with Crippen molar-refractivity contribution in [3.8, 4) is 0 Å². The molecule has 0 aliphatic carbocycles. The first-order chi connectivity index (χ1) is 16.5. The van der Waals surface area contributed by atoms with Crippen molar-refractivity contribution < 1.29 is 45.7 Å². The molecule has 0 N–H and O–H groups in total. The number of ketones is 2. The molecule has 7 heteroatoms. The molecule has 0 unspecified atom stereocenters. The average molecular weight is 526 g/mol. The molecule has 2 aromatic rings. The van der Waals surface area contributed by atoms with Gasteiger partial charge in [0.05, 0.1) is 13.2 Å². The molecule has 0 fully saturated rings. The Hall–Kier alpha value is -2.50. The van der Waals surface area contributed by atoms with Crippen molar-refractivity contribution >= 4 is 23.5 Å². The molecule has 35 heavy (non-hydrogen) atoms. The van der Waals surface area contributed by atoms with Gasteiger partial charge in [0.1, 0.15) is 5.78 Å². The van der Waals surface area contributed by atoms with Crippen LogP contribution in [0.2, 0.25) is 0 Å². The Morgan fingerprint density at radius 1 is 0.657 bits per heavy atom. The fourth-order valence-corrected chi connectivity index (χ4v) is 3.34. The minimum Gasteiger partial charge on any atom is -0.718 e. The summed E-state index contributed by atoms with van der Waals surface area (Å²) in [5.74, 6) is 0.0852. The number of hydrogen-bond donors (Lipinski definition) is 0.